The summed E-state index contributed by atoms with van der Waals surface area (Å²) in [6.45, 7) is 4.78. The van der Waals surface area contributed by atoms with E-state index in [0.717, 1.165) is 72.4 Å². The van der Waals surface area contributed by atoms with E-state index in [1.54, 1.807) is 11.3 Å². The fourth-order valence-corrected chi connectivity index (χ4v) is 6.91. The summed E-state index contributed by atoms with van der Waals surface area (Å²) in [6, 6.07) is 15.0. The second-order valence-electron chi connectivity index (χ2n) is 9.91. The van der Waals surface area contributed by atoms with E-state index in [1.165, 1.54) is 24.6 Å². The average molecular weight is 591 g/mol. The first-order chi connectivity index (χ1) is 18.5. The summed E-state index contributed by atoms with van der Waals surface area (Å²) in [5.41, 5.74) is 4.32. The predicted molar refractivity (Wildman–Crippen MR) is 161 cm³/mol. The maximum atomic E-state index is 12.6. The normalized spacial score (nSPS) is 18.5. The molecule has 0 unspecified atom stereocenters. The highest BCUT2D eigenvalue weighted by atomic mass is 35.5. The third-order valence-electron chi connectivity index (χ3n) is 7.03. The van der Waals surface area contributed by atoms with Crippen molar-refractivity contribution in [2.45, 2.75) is 48.7 Å². The Bertz CT molecular complexity index is 1230. The van der Waals surface area contributed by atoms with Crippen LogP contribution in [0.1, 0.15) is 31.2 Å². The number of nitrogens with one attached hydrogen (secondary N) is 3. The Morgan fingerprint density at radius 1 is 1.13 bits per heavy atom. The molecule has 3 N–H and O–H groups in total. The molecule has 1 atom stereocenters. The van der Waals surface area contributed by atoms with Crippen molar-refractivity contribution in [1.82, 2.24) is 20.5 Å². The number of thiazole rings is 1. The number of benzene rings is 2. The van der Waals surface area contributed by atoms with Crippen molar-refractivity contribution < 1.29 is 4.79 Å². The van der Waals surface area contributed by atoms with E-state index in [1.807, 2.05) is 18.2 Å². The minimum absolute atomic E-state index is 0.0707. The van der Waals surface area contributed by atoms with Gasteiger partial charge in [-0.05, 0) is 62.1 Å². The quantitative estimate of drug-likeness (QED) is 0.246. The molecule has 2 aromatic carbocycles. The van der Waals surface area contributed by atoms with Crippen LogP contribution < -0.4 is 16.0 Å². The van der Waals surface area contributed by atoms with Gasteiger partial charge in [0.25, 0.3) is 0 Å². The van der Waals surface area contributed by atoms with Crippen molar-refractivity contribution in [1.29, 1.82) is 0 Å². The van der Waals surface area contributed by atoms with Crippen LogP contribution in [0.4, 0.5) is 5.69 Å². The number of amides is 1. The first-order valence-electron chi connectivity index (χ1n) is 13.1. The molecule has 0 aliphatic carbocycles. The molecule has 0 radical (unpaired) electrons. The minimum Gasteiger partial charge on any atom is -0.383 e. The van der Waals surface area contributed by atoms with Gasteiger partial charge < -0.3 is 16.0 Å². The van der Waals surface area contributed by atoms with Crippen LogP contribution in [0.15, 0.2) is 52.2 Å². The lowest BCUT2D eigenvalue weighted by atomic mass is 10.0. The minimum atomic E-state index is 0.0707. The maximum absolute atomic E-state index is 12.6. The Balaban J connectivity index is 1.04. The number of carbonyl (C=O) groups excluding carboxylic acids is 1. The van der Waals surface area contributed by atoms with Gasteiger partial charge in [-0.2, -0.15) is 0 Å². The number of carbonyl (C=O) groups is 1. The Morgan fingerprint density at radius 3 is 2.79 bits per heavy atom. The molecule has 3 aromatic rings. The second-order valence-corrected chi connectivity index (χ2v) is 12.8. The first-order valence-corrected chi connectivity index (χ1v) is 15.8. The van der Waals surface area contributed by atoms with Crippen LogP contribution >= 0.6 is 46.3 Å². The zero-order valence-corrected chi connectivity index (χ0v) is 24.4. The van der Waals surface area contributed by atoms with Gasteiger partial charge in [-0.25, -0.2) is 4.98 Å². The van der Waals surface area contributed by atoms with E-state index in [4.69, 9.17) is 28.2 Å². The number of halogens is 2. The summed E-state index contributed by atoms with van der Waals surface area (Å²) in [6.07, 6.45) is 4.37. The molecule has 3 heterocycles. The molecule has 1 amide bonds. The van der Waals surface area contributed by atoms with Crippen LogP contribution in [0.5, 0.6) is 0 Å². The van der Waals surface area contributed by atoms with Crippen LogP contribution in [0.3, 0.4) is 0 Å². The molecular weight excluding hydrogens is 557 g/mol. The van der Waals surface area contributed by atoms with Crippen molar-refractivity contribution in [3.63, 3.8) is 0 Å². The lowest BCUT2D eigenvalue weighted by Gasteiger charge is -2.32. The van der Waals surface area contributed by atoms with Crippen LogP contribution in [-0.4, -0.2) is 59.8 Å². The van der Waals surface area contributed by atoms with Crippen LogP contribution in [0.2, 0.25) is 10.0 Å². The molecule has 1 aromatic heterocycles. The van der Waals surface area contributed by atoms with Gasteiger partial charge in [0.15, 0.2) is 4.34 Å². The van der Waals surface area contributed by atoms with Crippen molar-refractivity contribution in [3.05, 3.63) is 63.5 Å². The smallest absolute Gasteiger partial charge is 0.230 e. The third-order valence-corrected chi connectivity index (χ3v) is 9.79. The molecule has 0 bridgehead atoms. The van der Waals surface area contributed by atoms with E-state index in [9.17, 15) is 4.79 Å². The van der Waals surface area contributed by atoms with Crippen molar-refractivity contribution in [2.24, 2.45) is 0 Å². The Kier molecular flexibility index (Phi) is 9.86. The van der Waals surface area contributed by atoms with Crippen LogP contribution in [0.25, 0.3) is 11.3 Å². The van der Waals surface area contributed by atoms with Gasteiger partial charge in [0.05, 0.1) is 21.5 Å². The van der Waals surface area contributed by atoms with Crippen LogP contribution in [-0.2, 0) is 11.3 Å². The molecule has 2 saturated heterocycles. The standard InChI is InChI=1S/C28H33Cl2N5OS2/c29-24-7-6-19(13-25(24)30)16-35-11-8-21(9-12-35)33-27(36)18-38-28-34-26(17-37-28)20-3-1-4-22(14-20)32-15-23-5-2-10-31-23/h1,3-4,6-7,13-14,17,21,23,31-32H,2,5,8-12,15-16,18H2,(H,33,36)/t23-/m0/s1. The van der Waals surface area contributed by atoms with E-state index >= 15 is 0 Å². The lowest BCUT2D eigenvalue weighted by Crippen LogP contribution is -2.44. The van der Waals surface area contributed by atoms with Gasteiger partial charge in [0, 0.05) is 54.9 Å². The molecule has 2 fully saturated rings. The highest BCUT2D eigenvalue weighted by molar-refractivity contribution is 8.01. The van der Waals surface area contributed by atoms with Gasteiger partial charge >= 0.3 is 0 Å². The molecule has 38 heavy (non-hydrogen) atoms. The molecule has 6 nitrogen and oxygen atoms in total. The van der Waals surface area contributed by atoms with E-state index in [0.29, 0.717) is 21.8 Å². The van der Waals surface area contributed by atoms with Gasteiger partial charge in [-0.15, -0.1) is 11.3 Å². The predicted octanol–water partition coefficient (Wildman–Crippen LogP) is 6.15. The summed E-state index contributed by atoms with van der Waals surface area (Å²) in [5, 5.41) is 13.5. The Labute approximate surface area is 242 Å². The Morgan fingerprint density at radius 2 is 2.00 bits per heavy atom. The van der Waals surface area contributed by atoms with Gasteiger partial charge in [-0.3, -0.25) is 9.69 Å². The van der Waals surface area contributed by atoms with Crippen molar-refractivity contribution >= 4 is 57.9 Å². The molecule has 2 aliphatic heterocycles. The van der Waals surface area contributed by atoms with Crippen molar-refractivity contribution in [2.75, 3.05) is 37.2 Å². The van der Waals surface area contributed by atoms with Gasteiger partial charge in [-0.1, -0.05) is 53.2 Å². The molecular formula is C28H33Cl2N5OS2. The maximum Gasteiger partial charge on any atom is 0.230 e. The highest BCUT2D eigenvalue weighted by Gasteiger charge is 2.21. The molecule has 10 heteroatoms. The zero-order chi connectivity index (χ0) is 26.3. The number of anilines is 1. The second kappa shape index (κ2) is 13.5. The van der Waals surface area contributed by atoms with E-state index in [-0.39, 0.29) is 11.9 Å². The van der Waals surface area contributed by atoms with E-state index < -0.39 is 0 Å². The average Bonchev–Trinajstić information content (AvgIpc) is 3.62. The summed E-state index contributed by atoms with van der Waals surface area (Å²) in [7, 11) is 0. The van der Waals surface area contributed by atoms with E-state index in [2.05, 4.69) is 50.5 Å². The number of nitrogens with zero attached hydrogens (tertiary/aromatic N) is 2. The zero-order valence-electron chi connectivity index (χ0n) is 21.2. The topological polar surface area (TPSA) is 69.3 Å². The fraction of sp³-hybridized carbons (Fsp3) is 0.429. The number of likely N-dealkylation sites (tertiary alicyclic amines) is 1. The fourth-order valence-electron chi connectivity index (χ4n) is 4.94. The van der Waals surface area contributed by atoms with Crippen LogP contribution in [0, 0.1) is 0 Å². The molecule has 202 valence electrons. The summed E-state index contributed by atoms with van der Waals surface area (Å²) < 4.78 is 0.917. The number of hydrogen-bond donors (Lipinski definition) is 3. The molecule has 0 spiro atoms. The molecule has 5 rings (SSSR count). The number of aromatic nitrogens is 1. The summed E-state index contributed by atoms with van der Waals surface area (Å²) in [4.78, 5) is 19.8. The molecule has 0 saturated carbocycles. The SMILES string of the molecule is O=C(CSc1nc(-c2cccc(NC[C@@H]3CCCN3)c2)cs1)NC1CCN(Cc2ccc(Cl)c(Cl)c2)CC1. The van der Waals surface area contributed by atoms with Gasteiger partial charge in [0.2, 0.25) is 5.91 Å². The molecule has 2 aliphatic rings. The first kappa shape index (κ1) is 27.7. The van der Waals surface area contributed by atoms with Gasteiger partial charge in [0.1, 0.15) is 0 Å². The number of hydrogen-bond acceptors (Lipinski definition) is 7. The number of piperidine rings is 1. The summed E-state index contributed by atoms with van der Waals surface area (Å²) >= 11 is 15.3. The lowest BCUT2D eigenvalue weighted by molar-refractivity contribution is -0.119. The number of thioether (sulfide) groups is 1. The summed E-state index contributed by atoms with van der Waals surface area (Å²) in [5.74, 6) is 0.452. The highest BCUT2D eigenvalue weighted by Crippen LogP contribution is 2.30. The largest absolute Gasteiger partial charge is 0.383 e. The third kappa shape index (κ3) is 7.87. The number of rotatable bonds is 10. The monoisotopic (exact) mass is 589 g/mol. The Hall–Kier alpha value is -1.81. The van der Waals surface area contributed by atoms with Crippen molar-refractivity contribution in [3.8, 4) is 11.3 Å².